The number of nitrogens with one attached hydrogen (secondary N) is 1. The molecular weight excluding hydrogens is 458 g/mol. The van der Waals surface area contributed by atoms with Gasteiger partial charge < -0.3 is 9.67 Å². The number of hydrogen-bond acceptors (Lipinski definition) is 4. The van der Waals surface area contributed by atoms with E-state index in [1.165, 1.54) is 12.1 Å². The van der Waals surface area contributed by atoms with Crippen LogP contribution in [0.5, 0.6) is 0 Å². The van der Waals surface area contributed by atoms with E-state index in [4.69, 9.17) is 11.6 Å². The van der Waals surface area contributed by atoms with Gasteiger partial charge >= 0.3 is 12.0 Å². The van der Waals surface area contributed by atoms with Crippen LogP contribution in [-0.2, 0) is 9.59 Å². The number of halogens is 1. The molecule has 4 rings (SSSR count). The summed E-state index contributed by atoms with van der Waals surface area (Å²) in [7, 11) is 0. The molecule has 0 spiro atoms. The lowest BCUT2D eigenvalue weighted by Crippen LogP contribution is -2.54. The number of benzene rings is 2. The van der Waals surface area contributed by atoms with Crippen LogP contribution in [0.25, 0.3) is 11.8 Å². The Kier molecular flexibility index (Phi) is 5.85. The maximum absolute atomic E-state index is 13.2. The predicted molar refractivity (Wildman–Crippen MR) is 127 cm³/mol. The highest BCUT2D eigenvalue weighted by atomic mass is 35.5. The van der Waals surface area contributed by atoms with Crippen LogP contribution in [0.15, 0.2) is 54.1 Å². The van der Waals surface area contributed by atoms with Gasteiger partial charge in [0.2, 0.25) is 0 Å². The molecule has 4 amide bonds. The lowest BCUT2D eigenvalue weighted by Gasteiger charge is -2.26. The molecule has 9 heteroatoms. The van der Waals surface area contributed by atoms with E-state index in [1.54, 1.807) is 43.3 Å². The van der Waals surface area contributed by atoms with Gasteiger partial charge in [-0.15, -0.1) is 0 Å². The number of carboxylic acids is 1. The van der Waals surface area contributed by atoms with Gasteiger partial charge in [0.05, 0.1) is 16.3 Å². The van der Waals surface area contributed by atoms with Gasteiger partial charge in [-0.3, -0.25) is 14.9 Å². The van der Waals surface area contributed by atoms with Crippen molar-refractivity contribution in [3.63, 3.8) is 0 Å². The maximum Gasteiger partial charge on any atom is 0.337 e. The van der Waals surface area contributed by atoms with E-state index in [0.717, 1.165) is 16.2 Å². The van der Waals surface area contributed by atoms with E-state index in [0.29, 0.717) is 22.6 Å². The van der Waals surface area contributed by atoms with Crippen molar-refractivity contribution in [2.24, 2.45) is 0 Å². The molecule has 3 aromatic rings. The molecule has 2 N–H and O–H groups in total. The van der Waals surface area contributed by atoms with Crippen molar-refractivity contribution in [1.82, 2.24) is 9.88 Å². The molecule has 172 valence electrons. The average molecular weight is 478 g/mol. The second kappa shape index (κ2) is 8.64. The van der Waals surface area contributed by atoms with Crippen molar-refractivity contribution < 1.29 is 24.3 Å². The van der Waals surface area contributed by atoms with E-state index in [1.807, 2.05) is 24.5 Å². The first kappa shape index (κ1) is 23.0. The van der Waals surface area contributed by atoms with E-state index in [-0.39, 0.29) is 16.2 Å². The monoisotopic (exact) mass is 477 g/mol. The minimum atomic E-state index is -1.13. The molecule has 1 fully saturated rings. The van der Waals surface area contributed by atoms with Gasteiger partial charge in [-0.1, -0.05) is 23.7 Å². The standard InChI is InChI=1S/C25H20ClN3O5/c1-13-5-4-6-17(9-13)29-23(31)20(22(30)27-25(29)34)11-16-10-14(2)28(15(16)3)18-7-8-19(24(32)33)21(26)12-18/h4-12H,1-3H3,(H,32,33)(H,27,30,34)/b20-11+. The number of aromatic carboxylic acids is 1. The normalized spacial score (nSPS) is 15.1. The average Bonchev–Trinajstić information content (AvgIpc) is 3.03. The summed E-state index contributed by atoms with van der Waals surface area (Å²) in [5.41, 5.74) is 3.72. The molecule has 8 nitrogen and oxygen atoms in total. The number of anilines is 1. The van der Waals surface area contributed by atoms with Crippen LogP contribution in [0.2, 0.25) is 5.02 Å². The summed E-state index contributed by atoms with van der Waals surface area (Å²) in [4.78, 5) is 50.4. The topological polar surface area (TPSA) is 109 Å². The Bertz CT molecular complexity index is 1420. The van der Waals surface area contributed by atoms with Gasteiger partial charge in [-0.2, -0.15) is 0 Å². The molecule has 0 atom stereocenters. The van der Waals surface area contributed by atoms with Gasteiger partial charge in [0, 0.05) is 17.1 Å². The van der Waals surface area contributed by atoms with E-state index < -0.39 is 23.8 Å². The van der Waals surface area contributed by atoms with Gasteiger partial charge in [-0.25, -0.2) is 14.5 Å². The molecule has 0 radical (unpaired) electrons. The molecule has 0 bridgehead atoms. The molecule has 2 heterocycles. The Labute approximate surface area is 200 Å². The van der Waals surface area contributed by atoms with Gasteiger partial charge in [-0.05, 0) is 74.4 Å². The zero-order chi connectivity index (χ0) is 24.7. The van der Waals surface area contributed by atoms with Crippen molar-refractivity contribution in [1.29, 1.82) is 0 Å². The van der Waals surface area contributed by atoms with E-state index in [2.05, 4.69) is 5.32 Å². The van der Waals surface area contributed by atoms with Crippen LogP contribution in [-0.4, -0.2) is 33.5 Å². The zero-order valence-corrected chi connectivity index (χ0v) is 19.3. The Morgan fingerprint density at radius 1 is 1.00 bits per heavy atom. The van der Waals surface area contributed by atoms with Crippen molar-refractivity contribution in [2.45, 2.75) is 20.8 Å². The Balaban J connectivity index is 1.76. The second-order valence-electron chi connectivity index (χ2n) is 7.93. The molecule has 0 aliphatic carbocycles. The number of urea groups is 1. The summed E-state index contributed by atoms with van der Waals surface area (Å²) in [6.07, 6.45) is 1.44. The molecule has 0 saturated carbocycles. The number of nitrogens with zero attached hydrogens (tertiary/aromatic N) is 2. The molecular formula is C25H20ClN3O5. The minimum Gasteiger partial charge on any atom is -0.478 e. The molecule has 1 aromatic heterocycles. The highest BCUT2D eigenvalue weighted by Gasteiger charge is 2.37. The quantitative estimate of drug-likeness (QED) is 0.427. The van der Waals surface area contributed by atoms with Crippen LogP contribution >= 0.6 is 11.6 Å². The molecule has 2 aromatic carbocycles. The summed E-state index contributed by atoms with van der Waals surface area (Å²) in [5, 5.41) is 11.5. The smallest absolute Gasteiger partial charge is 0.337 e. The molecule has 0 unspecified atom stereocenters. The highest BCUT2D eigenvalue weighted by Crippen LogP contribution is 2.28. The molecule has 34 heavy (non-hydrogen) atoms. The number of hydrogen-bond donors (Lipinski definition) is 2. The molecule has 1 aliphatic rings. The van der Waals surface area contributed by atoms with Crippen LogP contribution in [0.4, 0.5) is 10.5 Å². The number of imide groups is 2. The number of rotatable bonds is 4. The first-order valence-electron chi connectivity index (χ1n) is 10.3. The fourth-order valence-electron chi connectivity index (χ4n) is 3.96. The van der Waals surface area contributed by atoms with Gasteiger partial charge in [0.15, 0.2) is 0 Å². The first-order chi connectivity index (χ1) is 16.1. The first-order valence-corrected chi connectivity index (χ1v) is 10.7. The SMILES string of the molecule is Cc1cccc(N2C(=O)NC(=O)/C(=C\c3cc(C)n(-c4ccc(C(=O)O)c(Cl)c4)c3C)C2=O)c1. The van der Waals surface area contributed by atoms with Crippen LogP contribution in [0, 0.1) is 20.8 Å². The summed E-state index contributed by atoms with van der Waals surface area (Å²) < 4.78 is 1.83. The Morgan fingerprint density at radius 2 is 1.74 bits per heavy atom. The summed E-state index contributed by atoms with van der Waals surface area (Å²) in [5.74, 6) is -2.63. The summed E-state index contributed by atoms with van der Waals surface area (Å²) >= 11 is 6.14. The number of aryl methyl sites for hydroxylation is 2. The third kappa shape index (κ3) is 3.99. The van der Waals surface area contributed by atoms with Crippen molar-refractivity contribution in [3.05, 3.63) is 87.2 Å². The summed E-state index contributed by atoms with van der Waals surface area (Å²) in [6, 6.07) is 12.4. The van der Waals surface area contributed by atoms with Crippen LogP contribution < -0.4 is 10.2 Å². The number of carbonyl (C=O) groups excluding carboxylic acids is 3. The van der Waals surface area contributed by atoms with Crippen LogP contribution in [0.3, 0.4) is 0 Å². The lowest BCUT2D eigenvalue weighted by molar-refractivity contribution is -0.122. The molecule has 1 saturated heterocycles. The predicted octanol–water partition coefficient (Wildman–Crippen LogP) is 4.42. The summed E-state index contributed by atoms with van der Waals surface area (Å²) in [6.45, 7) is 5.47. The maximum atomic E-state index is 13.2. The molecule has 1 aliphatic heterocycles. The number of aromatic nitrogens is 1. The third-order valence-electron chi connectivity index (χ3n) is 5.57. The number of barbiturate groups is 1. The van der Waals surface area contributed by atoms with Gasteiger partial charge in [0.25, 0.3) is 11.8 Å². The fourth-order valence-corrected chi connectivity index (χ4v) is 4.22. The Hall–Kier alpha value is -4.17. The highest BCUT2D eigenvalue weighted by molar-refractivity contribution is 6.39. The minimum absolute atomic E-state index is 0.0133. The Morgan fingerprint density at radius 3 is 2.38 bits per heavy atom. The van der Waals surface area contributed by atoms with E-state index in [9.17, 15) is 24.3 Å². The number of carbonyl (C=O) groups is 4. The number of carboxylic acid groups (broad SMARTS) is 1. The lowest BCUT2D eigenvalue weighted by atomic mass is 10.1. The van der Waals surface area contributed by atoms with Crippen molar-refractivity contribution in [3.8, 4) is 5.69 Å². The van der Waals surface area contributed by atoms with Gasteiger partial charge in [0.1, 0.15) is 5.57 Å². The van der Waals surface area contributed by atoms with Crippen molar-refractivity contribution in [2.75, 3.05) is 4.90 Å². The number of amides is 4. The van der Waals surface area contributed by atoms with Crippen molar-refractivity contribution >= 4 is 47.2 Å². The largest absolute Gasteiger partial charge is 0.478 e. The second-order valence-corrected chi connectivity index (χ2v) is 8.34. The fraction of sp³-hybridized carbons (Fsp3) is 0.120. The zero-order valence-electron chi connectivity index (χ0n) is 18.5. The third-order valence-corrected chi connectivity index (χ3v) is 5.89. The van der Waals surface area contributed by atoms with E-state index >= 15 is 0 Å². The van der Waals surface area contributed by atoms with Crippen LogP contribution in [0.1, 0.15) is 32.9 Å².